The third kappa shape index (κ3) is 4.43. The molecule has 1 aromatic carbocycles. The van der Waals surface area contributed by atoms with Gasteiger partial charge in [0, 0.05) is 6.04 Å². The van der Waals surface area contributed by atoms with E-state index in [0.29, 0.717) is 19.1 Å². The summed E-state index contributed by atoms with van der Waals surface area (Å²) in [5, 5.41) is 0. The van der Waals surface area contributed by atoms with Crippen LogP contribution in [0.15, 0.2) is 18.2 Å². The van der Waals surface area contributed by atoms with E-state index in [2.05, 4.69) is 13.8 Å². The first-order valence-electron chi connectivity index (χ1n) is 7.29. The van der Waals surface area contributed by atoms with Gasteiger partial charge in [0.15, 0.2) is 11.5 Å². The van der Waals surface area contributed by atoms with Gasteiger partial charge in [-0.3, -0.25) is 0 Å². The summed E-state index contributed by atoms with van der Waals surface area (Å²) in [6.07, 6.45) is 2.29. The fourth-order valence-corrected chi connectivity index (χ4v) is 2.24. The molecule has 1 aromatic rings. The summed E-state index contributed by atoms with van der Waals surface area (Å²) >= 11 is 0. The highest BCUT2D eigenvalue weighted by atomic mass is 16.5. The van der Waals surface area contributed by atoms with Crippen LogP contribution < -0.4 is 15.2 Å². The van der Waals surface area contributed by atoms with Crippen LogP contribution in [-0.4, -0.2) is 13.2 Å². The van der Waals surface area contributed by atoms with Crippen molar-refractivity contribution in [3.05, 3.63) is 23.8 Å². The Kier molecular flexibility index (Phi) is 6.71. The summed E-state index contributed by atoms with van der Waals surface area (Å²) in [5.74, 6) is 2.06. The topological polar surface area (TPSA) is 44.5 Å². The molecule has 2 N–H and O–H groups in total. The highest BCUT2D eigenvalue weighted by molar-refractivity contribution is 5.44. The van der Waals surface area contributed by atoms with Crippen molar-refractivity contribution in [2.24, 2.45) is 11.7 Å². The number of hydrogen-bond donors (Lipinski definition) is 1. The van der Waals surface area contributed by atoms with Gasteiger partial charge in [-0.25, -0.2) is 0 Å². The maximum Gasteiger partial charge on any atom is 0.161 e. The average Bonchev–Trinajstić information content (AvgIpc) is 2.40. The van der Waals surface area contributed by atoms with Crippen molar-refractivity contribution in [1.82, 2.24) is 0 Å². The Hall–Kier alpha value is -1.22. The van der Waals surface area contributed by atoms with Crippen LogP contribution in [-0.2, 0) is 0 Å². The summed E-state index contributed by atoms with van der Waals surface area (Å²) in [4.78, 5) is 0. The van der Waals surface area contributed by atoms with Gasteiger partial charge >= 0.3 is 0 Å². The van der Waals surface area contributed by atoms with E-state index in [-0.39, 0.29) is 6.04 Å². The van der Waals surface area contributed by atoms with Crippen LogP contribution >= 0.6 is 0 Å². The molecule has 0 bridgehead atoms. The molecule has 0 aliphatic rings. The second-order valence-electron chi connectivity index (χ2n) is 4.86. The van der Waals surface area contributed by atoms with E-state index >= 15 is 0 Å². The van der Waals surface area contributed by atoms with E-state index in [1.54, 1.807) is 0 Å². The fraction of sp³-hybridized carbons (Fsp3) is 0.625. The average molecular weight is 265 g/mol. The zero-order valence-corrected chi connectivity index (χ0v) is 12.6. The first-order chi connectivity index (χ1) is 9.13. The Labute approximate surface area is 117 Å². The van der Waals surface area contributed by atoms with Gasteiger partial charge in [-0.2, -0.15) is 0 Å². The molecule has 2 unspecified atom stereocenters. The molecule has 108 valence electrons. The molecule has 0 saturated carbocycles. The Morgan fingerprint density at radius 1 is 1.05 bits per heavy atom. The van der Waals surface area contributed by atoms with Gasteiger partial charge < -0.3 is 15.2 Å². The van der Waals surface area contributed by atoms with Crippen molar-refractivity contribution in [2.45, 2.75) is 46.6 Å². The van der Waals surface area contributed by atoms with Crippen molar-refractivity contribution in [3.63, 3.8) is 0 Å². The normalized spacial score (nSPS) is 13.9. The number of hydrogen-bond acceptors (Lipinski definition) is 3. The lowest BCUT2D eigenvalue weighted by Gasteiger charge is -2.21. The van der Waals surface area contributed by atoms with Gasteiger partial charge in [-0.15, -0.1) is 0 Å². The number of rotatable bonds is 8. The van der Waals surface area contributed by atoms with Crippen LogP contribution in [0.2, 0.25) is 0 Å². The van der Waals surface area contributed by atoms with E-state index in [1.807, 2.05) is 32.0 Å². The lowest BCUT2D eigenvalue weighted by Crippen LogP contribution is -2.19. The lowest BCUT2D eigenvalue weighted by molar-refractivity contribution is 0.287. The molecule has 0 amide bonds. The number of ether oxygens (including phenoxy) is 2. The minimum Gasteiger partial charge on any atom is -0.490 e. The molecule has 0 heterocycles. The fourth-order valence-electron chi connectivity index (χ4n) is 2.24. The first-order valence-corrected chi connectivity index (χ1v) is 7.29. The van der Waals surface area contributed by atoms with E-state index in [4.69, 9.17) is 15.2 Å². The number of benzene rings is 1. The standard InChI is InChI=1S/C16H27NO2/c1-5-8-12(4)16(17)13-9-10-14(18-6-2)15(11-13)19-7-3/h9-12,16H,5-8,17H2,1-4H3. The molecule has 0 aliphatic carbocycles. The Bertz CT molecular complexity index is 379. The van der Waals surface area contributed by atoms with Crippen LogP contribution in [0.5, 0.6) is 11.5 Å². The van der Waals surface area contributed by atoms with E-state index in [1.165, 1.54) is 0 Å². The van der Waals surface area contributed by atoms with Crippen molar-refractivity contribution in [3.8, 4) is 11.5 Å². The van der Waals surface area contributed by atoms with Gasteiger partial charge in [-0.1, -0.05) is 26.3 Å². The predicted molar refractivity (Wildman–Crippen MR) is 79.8 cm³/mol. The quantitative estimate of drug-likeness (QED) is 0.774. The van der Waals surface area contributed by atoms with Gasteiger partial charge in [-0.05, 0) is 43.9 Å². The van der Waals surface area contributed by atoms with Crippen LogP contribution in [0, 0.1) is 5.92 Å². The Balaban J connectivity index is 2.93. The van der Waals surface area contributed by atoms with E-state index in [0.717, 1.165) is 29.9 Å². The first kappa shape index (κ1) is 15.8. The van der Waals surface area contributed by atoms with Crippen LogP contribution in [0.4, 0.5) is 0 Å². The second kappa shape index (κ2) is 8.05. The minimum absolute atomic E-state index is 0.0508. The summed E-state index contributed by atoms with van der Waals surface area (Å²) in [6.45, 7) is 9.60. The second-order valence-corrected chi connectivity index (χ2v) is 4.86. The van der Waals surface area contributed by atoms with Crippen molar-refractivity contribution in [1.29, 1.82) is 0 Å². The largest absolute Gasteiger partial charge is 0.490 e. The molecule has 0 aliphatic heterocycles. The molecule has 0 spiro atoms. The molecule has 0 radical (unpaired) electrons. The third-order valence-electron chi connectivity index (χ3n) is 3.31. The summed E-state index contributed by atoms with van der Waals surface area (Å²) < 4.78 is 11.2. The van der Waals surface area contributed by atoms with Crippen molar-refractivity contribution < 1.29 is 9.47 Å². The van der Waals surface area contributed by atoms with Crippen molar-refractivity contribution in [2.75, 3.05) is 13.2 Å². The molecule has 0 fully saturated rings. The highest BCUT2D eigenvalue weighted by Gasteiger charge is 2.16. The molecule has 0 aromatic heterocycles. The molecular weight excluding hydrogens is 238 g/mol. The maximum atomic E-state index is 6.32. The molecule has 3 nitrogen and oxygen atoms in total. The Morgan fingerprint density at radius 2 is 1.68 bits per heavy atom. The van der Waals surface area contributed by atoms with Gasteiger partial charge in [0.25, 0.3) is 0 Å². The summed E-state index contributed by atoms with van der Waals surface area (Å²) in [7, 11) is 0. The third-order valence-corrected chi connectivity index (χ3v) is 3.31. The minimum atomic E-state index is 0.0508. The lowest BCUT2D eigenvalue weighted by atomic mass is 9.91. The maximum absolute atomic E-state index is 6.32. The molecule has 0 saturated heterocycles. The number of nitrogens with two attached hydrogens (primary N) is 1. The van der Waals surface area contributed by atoms with Crippen molar-refractivity contribution >= 4 is 0 Å². The van der Waals surface area contributed by atoms with Crippen LogP contribution in [0.1, 0.15) is 52.1 Å². The van der Waals surface area contributed by atoms with Gasteiger partial charge in [0.1, 0.15) is 0 Å². The molecule has 3 heteroatoms. The highest BCUT2D eigenvalue weighted by Crippen LogP contribution is 2.32. The molecule has 19 heavy (non-hydrogen) atoms. The zero-order chi connectivity index (χ0) is 14.3. The van der Waals surface area contributed by atoms with Crippen LogP contribution in [0.3, 0.4) is 0 Å². The SMILES string of the molecule is CCCC(C)C(N)c1ccc(OCC)c(OCC)c1. The zero-order valence-electron chi connectivity index (χ0n) is 12.6. The summed E-state index contributed by atoms with van der Waals surface area (Å²) in [5.41, 5.74) is 7.44. The van der Waals surface area contributed by atoms with Crippen LogP contribution in [0.25, 0.3) is 0 Å². The van der Waals surface area contributed by atoms with Gasteiger partial charge in [0.05, 0.1) is 13.2 Å². The molecule has 2 atom stereocenters. The monoisotopic (exact) mass is 265 g/mol. The predicted octanol–water partition coefficient (Wildman–Crippen LogP) is 3.92. The summed E-state index contributed by atoms with van der Waals surface area (Å²) in [6, 6.07) is 6.08. The van der Waals surface area contributed by atoms with E-state index < -0.39 is 0 Å². The smallest absolute Gasteiger partial charge is 0.161 e. The molecule has 1 rings (SSSR count). The Morgan fingerprint density at radius 3 is 2.26 bits per heavy atom. The van der Waals surface area contributed by atoms with Gasteiger partial charge in [0.2, 0.25) is 0 Å². The van der Waals surface area contributed by atoms with E-state index in [9.17, 15) is 0 Å². The molecular formula is C16H27NO2.